The first-order valence-electron chi connectivity index (χ1n) is 6.17. The molecule has 1 N–H and O–H groups in total. The lowest BCUT2D eigenvalue weighted by Gasteiger charge is -2.15. The third-order valence-corrected chi connectivity index (χ3v) is 3.32. The maximum atomic E-state index is 12.3. The molecular weight excluding hydrogens is 280 g/mol. The first-order chi connectivity index (χ1) is 9.63. The summed E-state index contributed by atoms with van der Waals surface area (Å²) in [7, 11) is 1.82. The molecule has 0 spiro atoms. The molecule has 3 heterocycles. The lowest BCUT2D eigenvalue weighted by molar-refractivity contribution is -0.117. The molecule has 8 heteroatoms. The predicted molar refractivity (Wildman–Crippen MR) is 74.6 cm³/mol. The number of carbonyl (C=O) groups is 1. The van der Waals surface area contributed by atoms with E-state index in [0.717, 1.165) is 5.69 Å². The summed E-state index contributed by atoms with van der Waals surface area (Å²) in [6.45, 7) is 0.649. The van der Waals surface area contributed by atoms with E-state index in [4.69, 9.17) is 11.6 Å². The van der Waals surface area contributed by atoms with Crippen molar-refractivity contribution in [3.63, 3.8) is 0 Å². The number of hydrogen-bond acceptors (Lipinski definition) is 5. The van der Waals surface area contributed by atoms with Crippen LogP contribution in [0.3, 0.4) is 0 Å². The molecule has 2 aromatic rings. The first kappa shape index (κ1) is 12.9. The third-order valence-electron chi connectivity index (χ3n) is 3.14. The van der Waals surface area contributed by atoms with E-state index in [1.54, 1.807) is 22.0 Å². The Labute approximate surface area is 120 Å². The van der Waals surface area contributed by atoms with Gasteiger partial charge in [-0.25, -0.2) is 4.98 Å². The summed E-state index contributed by atoms with van der Waals surface area (Å²) >= 11 is 5.77. The average molecular weight is 293 g/mol. The minimum atomic E-state index is -0.317. The Kier molecular flexibility index (Phi) is 3.27. The Bertz CT molecular complexity index is 642. The minimum Gasteiger partial charge on any atom is -0.357 e. The number of amides is 1. The molecule has 0 aliphatic carbocycles. The number of anilines is 2. The van der Waals surface area contributed by atoms with Crippen LogP contribution in [0.4, 0.5) is 11.5 Å². The van der Waals surface area contributed by atoms with E-state index in [1.165, 1.54) is 6.20 Å². The van der Waals surface area contributed by atoms with Crippen molar-refractivity contribution in [3.8, 4) is 0 Å². The predicted octanol–water partition coefficient (Wildman–Crippen LogP) is 1.08. The second-order valence-electron chi connectivity index (χ2n) is 4.57. The maximum Gasteiger partial charge on any atom is 0.249 e. The van der Waals surface area contributed by atoms with Gasteiger partial charge in [-0.15, -0.1) is 0 Å². The highest BCUT2D eigenvalue weighted by Crippen LogP contribution is 2.22. The SMILES string of the molecule is Cn1cc(N2CCC(Nc3cncc(Cl)n3)C2=O)cn1. The lowest BCUT2D eigenvalue weighted by Crippen LogP contribution is -2.33. The molecule has 20 heavy (non-hydrogen) atoms. The molecule has 0 aromatic carbocycles. The summed E-state index contributed by atoms with van der Waals surface area (Å²) in [4.78, 5) is 22.1. The average Bonchev–Trinajstić information content (AvgIpc) is 2.97. The maximum absolute atomic E-state index is 12.3. The quantitative estimate of drug-likeness (QED) is 0.916. The normalized spacial score (nSPS) is 18.6. The topological polar surface area (TPSA) is 75.9 Å². The fourth-order valence-corrected chi connectivity index (χ4v) is 2.36. The van der Waals surface area contributed by atoms with Gasteiger partial charge in [0.25, 0.3) is 0 Å². The van der Waals surface area contributed by atoms with Crippen molar-refractivity contribution >= 4 is 29.0 Å². The van der Waals surface area contributed by atoms with Crippen LogP contribution in [0.25, 0.3) is 0 Å². The smallest absolute Gasteiger partial charge is 0.249 e. The van der Waals surface area contributed by atoms with Crippen molar-refractivity contribution in [2.45, 2.75) is 12.5 Å². The van der Waals surface area contributed by atoms with Crippen molar-refractivity contribution in [3.05, 3.63) is 29.9 Å². The second-order valence-corrected chi connectivity index (χ2v) is 4.96. The molecule has 1 atom stereocenters. The largest absolute Gasteiger partial charge is 0.357 e. The molecule has 104 valence electrons. The Morgan fingerprint density at radius 1 is 1.40 bits per heavy atom. The molecule has 7 nitrogen and oxygen atoms in total. The summed E-state index contributed by atoms with van der Waals surface area (Å²) in [5.41, 5.74) is 0.805. The molecule has 2 aromatic heterocycles. The zero-order valence-corrected chi connectivity index (χ0v) is 11.6. The molecule has 0 bridgehead atoms. The van der Waals surface area contributed by atoms with Gasteiger partial charge in [0, 0.05) is 19.8 Å². The fourth-order valence-electron chi connectivity index (χ4n) is 2.21. The highest BCUT2D eigenvalue weighted by atomic mass is 35.5. The van der Waals surface area contributed by atoms with Crippen molar-refractivity contribution in [1.29, 1.82) is 0 Å². The molecule has 1 saturated heterocycles. The van der Waals surface area contributed by atoms with Crippen molar-refractivity contribution in [2.24, 2.45) is 7.05 Å². The van der Waals surface area contributed by atoms with Crippen LogP contribution in [-0.4, -0.2) is 38.2 Å². The van der Waals surface area contributed by atoms with Crippen molar-refractivity contribution in [1.82, 2.24) is 19.7 Å². The van der Waals surface area contributed by atoms with Crippen LogP contribution in [0.15, 0.2) is 24.8 Å². The van der Waals surface area contributed by atoms with Gasteiger partial charge in [0.1, 0.15) is 17.0 Å². The van der Waals surface area contributed by atoms with E-state index in [1.807, 2.05) is 13.2 Å². The number of aromatic nitrogens is 4. The number of hydrogen-bond donors (Lipinski definition) is 1. The van der Waals surface area contributed by atoms with Gasteiger partial charge in [0.15, 0.2) is 0 Å². The molecule has 1 aliphatic heterocycles. The van der Waals surface area contributed by atoms with Crippen molar-refractivity contribution < 1.29 is 4.79 Å². The Hall–Kier alpha value is -2.15. The zero-order valence-electron chi connectivity index (χ0n) is 10.8. The number of nitrogens with zero attached hydrogens (tertiary/aromatic N) is 5. The van der Waals surface area contributed by atoms with Gasteiger partial charge in [-0.3, -0.25) is 14.5 Å². The molecule has 1 fully saturated rings. The summed E-state index contributed by atoms with van der Waals surface area (Å²) < 4.78 is 1.67. The third kappa shape index (κ3) is 2.44. The number of rotatable bonds is 3. The van der Waals surface area contributed by atoms with Crippen LogP contribution in [0.5, 0.6) is 0 Å². The second kappa shape index (κ2) is 5.09. The van der Waals surface area contributed by atoms with E-state index in [9.17, 15) is 4.79 Å². The molecule has 1 aliphatic rings. The molecule has 0 radical (unpaired) electrons. The van der Waals surface area contributed by atoms with Gasteiger partial charge >= 0.3 is 0 Å². The van der Waals surface area contributed by atoms with Crippen molar-refractivity contribution in [2.75, 3.05) is 16.8 Å². The van der Waals surface area contributed by atoms with Gasteiger partial charge < -0.3 is 10.2 Å². The Balaban J connectivity index is 1.73. The van der Waals surface area contributed by atoms with Gasteiger partial charge in [-0.05, 0) is 6.42 Å². The molecule has 3 rings (SSSR count). The van der Waals surface area contributed by atoms with Crippen LogP contribution >= 0.6 is 11.6 Å². The highest BCUT2D eigenvalue weighted by Gasteiger charge is 2.33. The monoisotopic (exact) mass is 292 g/mol. The molecule has 1 amide bonds. The van der Waals surface area contributed by atoms with Gasteiger partial charge in [-0.2, -0.15) is 5.10 Å². The van der Waals surface area contributed by atoms with Gasteiger partial charge in [0.2, 0.25) is 5.91 Å². The molecular formula is C12H13ClN6O. The molecule has 0 saturated carbocycles. The van der Waals surface area contributed by atoms with Gasteiger partial charge in [-0.1, -0.05) is 11.6 Å². The van der Waals surface area contributed by atoms with E-state index < -0.39 is 0 Å². The summed E-state index contributed by atoms with van der Waals surface area (Å²) in [6, 6.07) is -0.317. The number of nitrogens with one attached hydrogen (secondary N) is 1. The number of carbonyl (C=O) groups excluding carboxylic acids is 1. The van der Waals surface area contributed by atoms with Gasteiger partial charge in [0.05, 0.1) is 24.3 Å². The Morgan fingerprint density at radius 2 is 2.25 bits per heavy atom. The van der Waals surface area contributed by atoms with E-state index in [-0.39, 0.29) is 11.9 Å². The van der Waals surface area contributed by atoms with E-state index >= 15 is 0 Å². The highest BCUT2D eigenvalue weighted by molar-refractivity contribution is 6.29. The molecule has 1 unspecified atom stereocenters. The summed E-state index contributed by atoms with van der Waals surface area (Å²) in [5, 5.41) is 7.44. The number of aryl methyl sites for hydroxylation is 1. The van der Waals surface area contributed by atoms with E-state index in [2.05, 4.69) is 20.4 Å². The van der Waals surface area contributed by atoms with Crippen LogP contribution in [-0.2, 0) is 11.8 Å². The standard InChI is InChI=1S/C12H13ClN6O/c1-18-7-8(4-15-18)19-3-2-9(12(19)20)16-11-6-14-5-10(13)17-11/h4-7,9H,2-3H2,1H3,(H,16,17). The minimum absolute atomic E-state index is 0.000208. The Morgan fingerprint density at radius 3 is 2.95 bits per heavy atom. The summed E-state index contributed by atoms with van der Waals surface area (Å²) in [5.74, 6) is 0.503. The first-order valence-corrected chi connectivity index (χ1v) is 6.55. The van der Waals surface area contributed by atoms with Crippen LogP contribution in [0.2, 0.25) is 5.15 Å². The van der Waals surface area contributed by atoms with Crippen LogP contribution < -0.4 is 10.2 Å². The van der Waals surface area contributed by atoms with E-state index in [0.29, 0.717) is 23.9 Å². The summed E-state index contributed by atoms with van der Waals surface area (Å²) in [6.07, 6.45) is 7.19. The van der Waals surface area contributed by atoms with Crippen LogP contribution in [0, 0.1) is 0 Å². The van der Waals surface area contributed by atoms with Crippen LogP contribution in [0.1, 0.15) is 6.42 Å². The zero-order chi connectivity index (χ0) is 14.1. The lowest BCUT2D eigenvalue weighted by atomic mass is 10.2. The number of halogens is 1. The fraction of sp³-hybridized carbons (Fsp3) is 0.333.